The molecule has 0 aliphatic rings. The van der Waals surface area contributed by atoms with Crippen molar-refractivity contribution in [1.29, 1.82) is 0 Å². The van der Waals surface area contributed by atoms with Gasteiger partial charge in [0.25, 0.3) is 0 Å². The Morgan fingerprint density at radius 1 is 1.44 bits per heavy atom. The van der Waals surface area contributed by atoms with Gasteiger partial charge in [-0.25, -0.2) is 0 Å². The van der Waals surface area contributed by atoms with Crippen LogP contribution in [0.1, 0.15) is 6.42 Å². The van der Waals surface area contributed by atoms with Crippen molar-refractivity contribution < 1.29 is 9.53 Å². The van der Waals surface area contributed by atoms with E-state index in [2.05, 4.69) is 4.74 Å². The van der Waals surface area contributed by atoms with Crippen molar-refractivity contribution in [2.24, 2.45) is 0 Å². The molecular formula is C12H14N2O2. The van der Waals surface area contributed by atoms with E-state index in [0.717, 1.165) is 16.6 Å². The number of ether oxygens (including phenoxy) is 1. The number of nitrogen functional groups attached to an aromatic ring is 1. The molecule has 0 radical (unpaired) electrons. The van der Waals surface area contributed by atoms with Crippen LogP contribution in [0.3, 0.4) is 0 Å². The molecule has 84 valence electrons. The van der Waals surface area contributed by atoms with Crippen LogP contribution in [0.15, 0.2) is 30.5 Å². The summed E-state index contributed by atoms with van der Waals surface area (Å²) in [5.74, 6) is -0.197. The summed E-state index contributed by atoms with van der Waals surface area (Å²) in [4.78, 5) is 11.0. The lowest BCUT2D eigenvalue weighted by atomic mass is 10.2. The monoisotopic (exact) mass is 218 g/mol. The largest absolute Gasteiger partial charge is 0.469 e. The van der Waals surface area contributed by atoms with Gasteiger partial charge in [0.05, 0.1) is 13.5 Å². The maximum Gasteiger partial charge on any atom is 0.307 e. The molecule has 0 saturated carbocycles. The second-order valence-electron chi connectivity index (χ2n) is 3.65. The molecule has 0 saturated heterocycles. The minimum atomic E-state index is -0.197. The molecule has 1 heterocycles. The Bertz CT molecular complexity index is 517. The van der Waals surface area contributed by atoms with E-state index in [4.69, 9.17) is 5.73 Å². The average Bonchev–Trinajstić information content (AvgIpc) is 2.68. The number of fused-ring (bicyclic) bond motifs is 1. The zero-order valence-electron chi connectivity index (χ0n) is 9.14. The molecular weight excluding hydrogens is 204 g/mol. The van der Waals surface area contributed by atoms with Gasteiger partial charge in [0.2, 0.25) is 0 Å². The van der Waals surface area contributed by atoms with Gasteiger partial charge in [-0.2, -0.15) is 0 Å². The predicted octanol–water partition coefficient (Wildman–Crippen LogP) is 1.79. The van der Waals surface area contributed by atoms with Gasteiger partial charge in [0, 0.05) is 29.3 Å². The maximum atomic E-state index is 11.0. The molecule has 4 heteroatoms. The lowest BCUT2D eigenvalue weighted by Crippen LogP contribution is -2.06. The lowest BCUT2D eigenvalue weighted by Gasteiger charge is -2.04. The first kappa shape index (κ1) is 10.5. The highest BCUT2D eigenvalue weighted by molar-refractivity contribution is 5.83. The quantitative estimate of drug-likeness (QED) is 0.631. The number of carbonyl (C=O) groups is 1. The SMILES string of the molecule is COC(=O)CCn1ccc2cc(N)ccc21. The number of aryl methyl sites for hydroxylation is 1. The highest BCUT2D eigenvalue weighted by atomic mass is 16.5. The number of benzene rings is 1. The third kappa shape index (κ3) is 2.00. The topological polar surface area (TPSA) is 57.2 Å². The number of methoxy groups -OCH3 is 1. The molecule has 4 nitrogen and oxygen atoms in total. The van der Waals surface area contributed by atoms with Gasteiger partial charge in [-0.15, -0.1) is 0 Å². The molecule has 0 aliphatic carbocycles. The van der Waals surface area contributed by atoms with Gasteiger partial charge >= 0.3 is 5.97 Å². The third-order valence-corrected chi connectivity index (χ3v) is 2.58. The zero-order valence-corrected chi connectivity index (χ0v) is 9.14. The molecule has 0 fully saturated rings. The van der Waals surface area contributed by atoms with Crippen LogP contribution in [0.5, 0.6) is 0 Å². The van der Waals surface area contributed by atoms with Crippen molar-refractivity contribution in [3.05, 3.63) is 30.5 Å². The van der Waals surface area contributed by atoms with Gasteiger partial charge in [-0.3, -0.25) is 4.79 Å². The second kappa shape index (κ2) is 4.26. The van der Waals surface area contributed by atoms with Crippen LogP contribution < -0.4 is 5.73 Å². The number of rotatable bonds is 3. The Labute approximate surface area is 93.6 Å². The van der Waals surface area contributed by atoms with Gasteiger partial charge in [-0.05, 0) is 24.3 Å². The fourth-order valence-corrected chi connectivity index (χ4v) is 1.73. The van der Waals surface area contributed by atoms with Crippen molar-refractivity contribution in [3.63, 3.8) is 0 Å². The first-order valence-corrected chi connectivity index (χ1v) is 5.12. The Balaban J connectivity index is 2.22. The highest BCUT2D eigenvalue weighted by Crippen LogP contribution is 2.19. The second-order valence-corrected chi connectivity index (χ2v) is 3.65. The lowest BCUT2D eigenvalue weighted by molar-refractivity contribution is -0.140. The van der Waals surface area contributed by atoms with Gasteiger partial charge in [-0.1, -0.05) is 0 Å². The number of carbonyl (C=O) groups excluding carboxylic acids is 1. The number of nitrogens with two attached hydrogens (primary N) is 1. The number of anilines is 1. The summed E-state index contributed by atoms with van der Waals surface area (Å²) in [6.07, 6.45) is 2.33. The number of hydrogen-bond acceptors (Lipinski definition) is 3. The van der Waals surface area contributed by atoms with Gasteiger partial charge in [0.1, 0.15) is 0 Å². The summed E-state index contributed by atoms with van der Waals surface area (Å²) < 4.78 is 6.63. The molecule has 2 rings (SSSR count). The molecule has 1 aromatic heterocycles. The molecule has 0 bridgehead atoms. The van der Waals surface area contributed by atoms with Crippen LogP contribution in [0.25, 0.3) is 10.9 Å². The van der Waals surface area contributed by atoms with E-state index in [1.165, 1.54) is 7.11 Å². The minimum absolute atomic E-state index is 0.197. The van der Waals surface area contributed by atoms with Crippen molar-refractivity contribution in [2.75, 3.05) is 12.8 Å². The van der Waals surface area contributed by atoms with E-state index in [9.17, 15) is 4.79 Å². The van der Waals surface area contributed by atoms with E-state index in [1.54, 1.807) is 0 Å². The Kier molecular flexibility index (Phi) is 2.81. The fraction of sp³-hybridized carbons (Fsp3) is 0.250. The Morgan fingerprint density at radius 2 is 2.25 bits per heavy atom. The molecule has 0 amide bonds. The summed E-state index contributed by atoms with van der Waals surface area (Å²) in [5, 5.41) is 1.09. The number of aromatic nitrogens is 1. The standard InChI is InChI=1S/C12H14N2O2/c1-16-12(15)5-7-14-6-4-9-8-10(13)2-3-11(9)14/h2-4,6,8H,5,7,13H2,1H3. The third-order valence-electron chi connectivity index (χ3n) is 2.58. The van der Waals surface area contributed by atoms with Crippen LogP contribution >= 0.6 is 0 Å². The molecule has 1 aromatic carbocycles. The van der Waals surface area contributed by atoms with Crippen molar-refractivity contribution in [3.8, 4) is 0 Å². The first-order chi connectivity index (χ1) is 7.70. The summed E-state index contributed by atoms with van der Waals surface area (Å²) >= 11 is 0. The molecule has 0 unspecified atom stereocenters. The highest BCUT2D eigenvalue weighted by Gasteiger charge is 2.04. The van der Waals surface area contributed by atoms with Gasteiger partial charge < -0.3 is 15.0 Å². The van der Waals surface area contributed by atoms with E-state index >= 15 is 0 Å². The van der Waals surface area contributed by atoms with E-state index in [-0.39, 0.29) is 5.97 Å². The summed E-state index contributed by atoms with van der Waals surface area (Å²) in [5.41, 5.74) is 7.52. The van der Waals surface area contributed by atoms with Crippen LogP contribution in [0.2, 0.25) is 0 Å². The van der Waals surface area contributed by atoms with E-state index in [0.29, 0.717) is 13.0 Å². The van der Waals surface area contributed by atoms with Crippen LogP contribution in [0.4, 0.5) is 5.69 Å². The summed E-state index contributed by atoms with van der Waals surface area (Å²) in [7, 11) is 1.40. The van der Waals surface area contributed by atoms with E-state index in [1.807, 2.05) is 35.0 Å². The van der Waals surface area contributed by atoms with Gasteiger partial charge in [0.15, 0.2) is 0 Å². The minimum Gasteiger partial charge on any atom is -0.469 e. The maximum absolute atomic E-state index is 11.0. The molecule has 16 heavy (non-hydrogen) atoms. The zero-order chi connectivity index (χ0) is 11.5. The number of nitrogens with zero attached hydrogens (tertiary/aromatic N) is 1. The first-order valence-electron chi connectivity index (χ1n) is 5.12. The van der Waals surface area contributed by atoms with E-state index < -0.39 is 0 Å². The molecule has 0 spiro atoms. The predicted molar refractivity (Wildman–Crippen MR) is 63.0 cm³/mol. The summed E-state index contributed by atoms with van der Waals surface area (Å²) in [6, 6.07) is 7.73. The van der Waals surface area contributed by atoms with Crippen molar-refractivity contribution in [1.82, 2.24) is 4.57 Å². The molecule has 0 atom stereocenters. The van der Waals surface area contributed by atoms with Crippen LogP contribution in [-0.4, -0.2) is 17.6 Å². The smallest absolute Gasteiger partial charge is 0.307 e. The number of hydrogen-bond donors (Lipinski definition) is 1. The van der Waals surface area contributed by atoms with Crippen LogP contribution in [-0.2, 0) is 16.1 Å². The molecule has 0 aliphatic heterocycles. The Hall–Kier alpha value is -1.97. The molecule has 2 N–H and O–H groups in total. The fourth-order valence-electron chi connectivity index (χ4n) is 1.73. The normalized spacial score (nSPS) is 10.6. The number of esters is 1. The van der Waals surface area contributed by atoms with Crippen LogP contribution in [0, 0.1) is 0 Å². The van der Waals surface area contributed by atoms with Crippen molar-refractivity contribution >= 4 is 22.6 Å². The van der Waals surface area contributed by atoms with Crippen molar-refractivity contribution in [2.45, 2.75) is 13.0 Å². The Morgan fingerprint density at radius 3 is 3.00 bits per heavy atom. The summed E-state index contributed by atoms with van der Waals surface area (Å²) in [6.45, 7) is 0.625. The molecule has 2 aromatic rings. The average molecular weight is 218 g/mol.